The van der Waals surface area contributed by atoms with Crippen LogP contribution in [0, 0.1) is 0 Å². The third-order valence-corrected chi connectivity index (χ3v) is 4.64. The summed E-state index contributed by atoms with van der Waals surface area (Å²) in [4.78, 5) is 4.71. The predicted molar refractivity (Wildman–Crippen MR) is 105 cm³/mol. The van der Waals surface area contributed by atoms with Crippen molar-refractivity contribution in [2.24, 2.45) is 0 Å². The van der Waals surface area contributed by atoms with E-state index in [9.17, 15) is 0 Å². The highest BCUT2D eigenvalue weighted by Crippen LogP contribution is 2.34. The van der Waals surface area contributed by atoms with Crippen molar-refractivity contribution in [2.45, 2.75) is 26.2 Å². The molecular weight excluding hydrogens is 304 g/mol. The average molecular weight is 326 g/mol. The van der Waals surface area contributed by atoms with Crippen molar-refractivity contribution in [3.63, 3.8) is 0 Å². The molecule has 0 aliphatic heterocycles. The molecule has 0 aliphatic carbocycles. The maximum absolute atomic E-state index is 4.71. The summed E-state index contributed by atoms with van der Waals surface area (Å²) in [6.07, 6.45) is 3.94. The van der Waals surface area contributed by atoms with Gasteiger partial charge in [0.15, 0.2) is 0 Å². The molecular formula is C23H22N2. The van der Waals surface area contributed by atoms with E-state index >= 15 is 0 Å². The molecule has 0 unspecified atom stereocenters. The number of aromatic nitrogens is 2. The van der Waals surface area contributed by atoms with Gasteiger partial charge in [0.05, 0.1) is 5.69 Å². The molecule has 0 aliphatic rings. The molecule has 0 atom stereocenters. The van der Waals surface area contributed by atoms with Crippen molar-refractivity contribution in [1.29, 1.82) is 0 Å². The Labute approximate surface area is 148 Å². The molecule has 0 amide bonds. The van der Waals surface area contributed by atoms with Gasteiger partial charge in [-0.15, -0.1) is 0 Å². The fraction of sp³-hybridized carbons (Fsp3) is 0.174. The Morgan fingerprint density at radius 3 is 2.36 bits per heavy atom. The molecule has 2 heteroatoms. The van der Waals surface area contributed by atoms with Crippen molar-refractivity contribution in [1.82, 2.24) is 9.55 Å². The number of hydrogen-bond donors (Lipinski definition) is 0. The van der Waals surface area contributed by atoms with Crippen LogP contribution in [-0.2, 0) is 5.41 Å². The lowest BCUT2D eigenvalue weighted by Gasteiger charge is -2.23. The number of rotatable bonds is 2. The molecule has 1 aromatic heterocycles. The lowest BCUT2D eigenvalue weighted by molar-refractivity contribution is 0.591. The zero-order valence-electron chi connectivity index (χ0n) is 14.9. The van der Waals surface area contributed by atoms with Crippen LogP contribution in [-0.4, -0.2) is 9.55 Å². The van der Waals surface area contributed by atoms with Gasteiger partial charge in [-0.25, -0.2) is 4.98 Å². The van der Waals surface area contributed by atoms with Gasteiger partial charge in [-0.2, -0.15) is 0 Å². The van der Waals surface area contributed by atoms with Crippen LogP contribution >= 0.6 is 0 Å². The highest BCUT2D eigenvalue weighted by Gasteiger charge is 2.21. The van der Waals surface area contributed by atoms with E-state index in [-0.39, 0.29) is 5.41 Å². The summed E-state index contributed by atoms with van der Waals surface area (Å²) in [5.41, 5.74) is 3.72. The second-order valence-corrected chi connectivity index (χ2v) is 7.41. The van der Waals surface area contributed by atoms with Crippen LogP contribution in [0.2, 0.25) is 0 Å². The second kappa shape index (κ2) is 5.89. The summed E-state index contributed by atoms with van der Waals surface area (Å²) < 4.78 is 2.20. The van der Waals surface area contributed by atoms with Crippen LogP contribution in [0.4, 0.5) is 0 Å². The highest BCUT2D eigenvalue weighted by molar-refractivity contribution is 5.90. The Hall–Kier alpha value is -2.87. The van der Waals surface area contributed by atoms with Gasteiger partial charge in [0.2, 0.25) is 0 Å². The summed E-state index contributed by atoms with van der Waals surface area (Å²) in [6.45, 7) is 6.74. The maximum Gasteiger partial charge on any atom is 0.144 e. The SMILES string of the molecule is CC(C)(C)c1ccccc1-c1nccn1-c1cccc2ccccc12. The monoisotopic (exact) mass is 326 g/mol. The van der Waals surface area contributed by atoms with E-state index in [1.54, 1.807) is 0 Å². The normalized spacial score (nSPS) is 11.8. The zero-order chi connectivity index (χ0) is 17.4. The van der Waals surface area contributed by atoms with Crippen LogP contribution in [0.25, 0.3) is 27.8 Å². The van der Waals surface area contributed by atoms with E-state index in [1.165, 1.54) is 21.9 Å². The average Bonchev–Trinajstić information content (AvgIpc) is 3.10. The molecule has 0 saturated heterocycles. The van der Waals surface area contributed by atoms with Gasteiger partial charge >= 0.3 is 0 Å². The van der Waals surface area contributed by atoms with Crippen molar-refractivity contribution >= 4 is 10.8 Å². The number of benzene rings is 3. The van der Waals surface area contributed by atoms with Gasteiger partial charge in [0.25, 0.3) is 0 Å². The lowest BCUT2D eigenvalue weighted by Crippen LogP contribution is -2.13. The fourth-order valence-electron chi connectivity index (χ4n) is 3.45. The van der Waals surface area contributed by atoms with Gasteiger partial charge in [0.1, 0.15) is 5.82 Å². The number of fused-ring (bicyclic) bond motifs is 1. The molecule has 0 spiro atoms. The van der Waals surface area contributed by atoms with E-state index in [1.807, 2.05) is 6.20 Å². The van der Waals surface area contributed by atoms with Gasteiger partial charge in [-0.05, 0) is 22.4 Å². The minimum atomic E-state index is 0.0616. The van der Waals surface area contributed by atoms with E-state index in [2.05, 4.69) is 98.3 Å². The van der Waals surface area contributed by atoms with Crippen LogP contribution in [0.15, 0.2) is 79.1 Å². The molecule has 4 aromatic rings. The molecule has 0 radical (unpaired) electrons. The third kappa shape index (κ3) is 2.74. The first kappa shape index (κ1) is 15.6. The van der Waals surface area contributed by atoms with E-state index in [0.717, 1.165) is 11.5 Å². The molecule has 0 N–H and O–H groups in total. The second-order valence-electron chi connectivity index (χ2n) is 7.41. The molecule has 0 fully saturated rings. The number of hydrogen-bond acceptors (Lipinski definition) is 1. The maximum atomic E-state index is 4.71. The molecule has 2 nitrogen and oxygen atoms in total. The highest BCUT2D eigenvalue weighted by atomic mass is 15.1. The van der Waals surface area contributed by atoms with Crippen LogP contribution in [0.5, 0.6) is 0 Å². The van der Waals surface area contributed by atoms with Crippen LogP contribution in [0.1, 0.15) is 26.3 Å². The van der Waals surface area contributed by atoms with Gasteiger partial charge in [-0.1, -0.05) is 81.4 Å². The molecule has 3 aromatic carbocycles. The molecule has 1 heterocycles. The number of imidazole rings is 1. The Balaban J connectivity index is 1.97. The van der Waals surface area contributed by atoms with Gasteiger partial charge in [-0.3, -0.25) is 4.57 Å². The Morgan fingerprint density at radius 1 is 0.800 bits per heavy atom. The quantitative estimate of drug-likeness (QED) is 0.442. The Morgan fingerprint density at radius 2 is 1.52 bits per heavy atom. The van der Waals surface area contributed by atoms with Crippen LogP contribution < -0.4 is 0 Å². The standard InChI is InChI=1S/C23H22N2/c1-23(2,3)20-13-7-6-12-19(20)22-24-15-16-25(22)21-14-8-10-17-9-4-5-11-18(17)21/h4-16H,1-3H3. The molecule has 4 rings (SSSR count). The van der Waals surface area contributed by atoms with Crippen molar-refractivity contribution in [3.8, 4) is 17.1 Å². The minimum Gasteiger partial charge on any atom is -0.299 e. The molecule has 25 heavy (non-hydrogen) atoms. The largest absolute Gasteiger partial charge is 0.299 e. The van der Waals surface area contributed by atoms with E-state index in [0.29, 0.717) is 0 Å². The van der Waals surface area contributed by atoms with Crippen molar-refractivity contribution in [3.05, 3.63) is 84.7 Å². The summed E-state index contributed by atoms with van der Waals surface area (Å²) in [5.74, 6) is 0.988. The lowest BCUT2D eigenvalue weighted by atomic mass is 9.83. The number of nitrogens with zero attached hydrogens (tertiary/aromatic N) is 2. The topological polar surface area (TPSA) is 17.8 Å². The first-order valence-electron chi connectivity index (χ1n) is 8.67. The zero-order valence-corrected chi connectivity index (χ0v) is 14.9. The van der Waals surface area contributed by atoms with Crippen molar-refractivity contribution in [2.75, 3.05) is 0 Å². The van der Waals surface area contributed by atoms with E-state index in [4.69, 9.17) is 4.98 Å². The Kier molecular flexibility index (Phi) is 3.69. The minimum absolute atomic E-state index is 0.0616. The Bertz CT molecular complexity index is 1030. The predicted octanol–water partition coefficient (Wildman–Crippen LogP) is 5.99. The summed E-state index contributed by atoms with van der Waals surface area (Å²) >= 11 is 0. The first-order chi connectivity index (χ1) is 12.1. The summed E-state index contributed by atoms with van der Waals surface area (Å²) in [5, 5.41) is 2.47. The fourth-order valence-corrected chi connectivity index (χ4v) is 3.45. The molecule has 0 bridgehead atoms. The first-order valence-corrected chi connectivity index (χ1v) is 8.67. The van der Waals surface area contributed by atoms with Crippen molar-refractivity contribution < 1.29 is 0 Å². The summed E-state index contributed by atoms with van der Waals surface area (Å²) in [6, 6.07) is 23.5. The third-order valence-electron chi connectivity index (χ3n) is 4.64. The summed E-state index contributed by atoms with van der Waals surface area (Å²) in [7, 11) is 0. The molecule has 124 valence electrons. The van der Waals surface area contributed by atoms with E-state index < -0.39 is 0 Å². The van der Waals surface area contributed by atoms with Gasteiger partial charge < -0.3 is 0 Å². The molecule has 0 saturated carbocycles. The van der Waals surface area contributed by atoms with Gasteiger partial charge in [0, 0.05) is 23.3 Å². The smallest absolute Gasteiger partial charge is 0.144 e. The van der Waals surface area contributed by atoms with Crippen LogP contribution in [0.3, 0.4) is 0 Å².